The Labute approximate surface area is 99.2 Å². The lowest BCUT2D eigenvalue weighted by Crippen LogP contribution is -2.22. The molecule has 0 aromatic carbocycles. The van der Waals surface area contributed by atoms with Crippen molar-refractivity contribution in [2.24, 2.45) is 4.99 Å². The van der Waals surface area contributed by atoms with Crippen molar-refractivity contribution in [3.8, 4) is 0 Å². The lowest BCUT2D eigenvalue weighted by atomic mass is 10.2. The molecule has 1 aromatic heterocycles. The van der Waals surface area contributed by atoms with Crippen LogP contribution in [0.3, 0.4) is 0 Å². The quantitative estimate of drug-likeness (QED) is 0.877. The summed E-state index contributed by atoms with van der Waals surface area (Å²) < 4.78 is 0. The highest BCUT2D eigenvalue weighted by Gasteiger charge is 2.18. The SMILES string of the molecule is CCC1CSC(NC(C)c2ccsc2)=N1. The highest BCUT2D eigenvalue weighted by atomic mass is 32.2. The third-order valence-electron chi connectivity index (χ3n) is 2.57. The number of hydrogen-bond acceptors (Lipinski definition) is 4. The minimum Gasteiger partial charge on any atom is -0.358 e. The zero-order chi connectivity index (χ0) is 10.7. The number of thioether (sulfide) groups is 1. The van der Waals surface area contributed by atoms with Gasteiger partial charge < -0.3 is 5.32 Å². The maximum absolute atomic E-state index is 4.63. The second kappa shape index (κ2) is 5.03. The van der Waals surface area contributed by atoms with Crippen molar-refractivity contribution in [1.29, 1.82) is 0 Å². The molecule has 15 heavy (non-hydrogen) atoms. The Hall–Kier alpha value is -0.480. The number of nitrogens with one attached hydrogen (secondary N) is 1. The van der Waals surface area contributed by atoms with Gasteiger partial charge in [0, 0.05) is 5.75 Å². The number of thiophene rings is 1. The van der Waals surface area contributed by atoms with E-state index in [4.69, 9.17) is 0 Å². The van der Waals surface area contributed by atoms with Crippen LogP contribution in [0.2, 0.25) is 0 Å². The predicted molar refractivity (Wildman–Crippen MR) is 69.8 cm³/mol. The van der Waals surface area contributed by atoms with E-state index >= 15 is 0 Å². The first-order chi connectivity index (χ1) is 7.29. The van der Waals surface area contributed by atoms with E-state index in [0.29, 0.717) is 12.1 Å². The van der Waals surface area contributed by atoms with Crippen LogP contribution in [0.5, 0.6) is 0 Å². The molecule has 1 aliphatic heterocycles. The molecule has 2 atom stereocenters. The summed E-state index contributed by atoms with van der Waals surface area (Å²) in [7, 11) is 0. The average molecular weight is 240 g/mol. The Balaban J connectivity index is 1.93. The molecule has 2 heterocycles. The number of aliphatic imine (C=N–C) groups is 1. The van der Waals surface area contributed by atoms with Crippen molar-refractivity contribution >= 4 is 28.3 Å². The third kappa shape index (κ3) is 2.75. The van der Waals surface area contributed by atoms with Crippen LogP contribution in [0, 0.1) is 0 Å². The van der Waals surface area contributed by atoms with Gasteiger partial charge >= 0.3 is 0 Å². The van der Waals surface area contributed by atoms with Gasteiger partial charge in [-0.2, -0.15) is 11.3 Å². The van der Waals surface area contributed by atoms with Crippen molar-refractivity contribution in [3.63, 3.8) is 0 Å². The first kappa shape index (κ1) is 11.0. The number of hydrogen-bond donors (Lipinski definition) is 1. The Kier molecular flexibility index (Phi) is 3.70. The molecule has 0 amide bonds. The van der Waals surface area contributed by atoms with Crippen molar-refractivity contribution in [1.82, 2.24) is 5.32 Å². The minimum atomic E-state index is 0.373. The summed E-state index contributed by atoms with van der Waals surface area (Å²) in [5, 5.41) is 8.88. The zero-order valence-corrected chi connectivity index (χ0v) is 10.7. The van der Waals surface area contributed by atoms with Crippen LogP contribution in [0.25, 0.3) is 0 Å². The van der Waals surface area contributed by atoms with E-state index in [1.165, 1.54) is 5.56 Å². The lowest BCUT2D eigenvalue weighted by Gasteiger charge is -2.12. The topological polar surface area (TPSA) is 24.4 Å². The Morgan fingerprint density at radius 1 is 1.67 bits per heavy atom. The molecule has 0 fully saturated rings. The van der Waals surface area contributed by atoms with E-state index < -0.39 is 0 Å². The molecule has 4 heteroatoms. The smallest absolute Gasteiger partial charge is 0.157 e. The summed E-state index contributed by atoms with van der Waals surface area (Å²) in [6.07, 6.45) is 1.14. The molecule has 2 unspecified atom stereocenters. The lowest BCUT2D eigenvalue weighted by molar-refractivity contribution is 0.703. The standard InChI is InChI=1S/C11H16N2S2/c1-3-10-7-15-11(13-10)12-8(2)9-4-5-14-6-9/h4-6,8,10H,3,7H2,1-2H3,(H,12,13). The molecule has 2 nitrogen and oxygen atoms in total. The van der Waals surface area contributed by atoms with Crippen molar-refractivity contribution < 1.29 is 0 Å². The Morgan fingerprint density at radius 2 is 2.53 bits per heavy atom. The second-order valence-electron chi connectivity index (χ2n) is 3.73. The van der Waals surface area contributed by atoms with E-state index in [1.807, 2.05) is 11.8 Å². The van der Waals surface area contributed by atoms with Crippen LogP contribution in [-0.4, -0.2) is 17.0 Å². The highest BCUT2D eigenvalue weighted by Crippen LogP contribution is 2.22. The Bertz CT molecular complexity index is 332. The molecule has 0 bridgehead atoms. The van der Waals surface area contributed by atoms with E-state index in [9.17, 15) is 0 Å². The summed E-state index contributed by atoms with van der Waals surface area (Å²) in [5.41, 5.74) is 1.35. The summed E-state index contributed by atoms with van der Waals surface area (Å²) in [6, 6.07) is 3.06. The summed E-state index contributed by atoms with van der Waals surface area (Å²) in [6.45, 7) is 4.38. The number of nitrogens with zero attached hydrogens (tertiary/aromatic N) is 1. The largest absolute Gasteiger partial charge is 0.358 e. The van der Waals surface area contributed by atoms with Gasteiger partial charge in [0.05, 0.1) is 12.1 Å². The third-order valence-corrected chi connectivity index (χ3v) is 4.32. The van der Waals surface area contributed by atoms with Gasteiger partial charge in [-0.05, 0) is 35.7 Å². The van der Waals surface area contributed by atoms with Gasteiger partial charge in [-0.1, -0.05) is 18.7 Å². The summed E-state index contributed by atoms with van der Waals surface area (Å²) in [5.74, 6) is 1.13. The molecule has 1 aliphatic rings. The second-order valence-corrected chi connectivity index (χ2v) is 5.52. The molecular formula is C11H16N2S2. The average Bonchev–Trinajstić information content (AvgIpc) is 2.87. The van der Waals surface area contributed by atoms with Gasteiger partial charge in [-0.25, -0.2) is 0 Å². The summed E-state index contributed by atoms with van der Waals surface area (Å²) >= 11 is 3.59. The molecule has 1 N–H and O–H groups in total. The fourth-order valence-electron chi connectivity index (χ4n) is 1.49. The monoisotopic (exact) mass is 240 g/mol. The van der Waals surface area contributed by atoms with E-state index in [1.54, 1.807) is 11.3 Å². The van der Waals surface area contributed by atoms with Gasteiger partial charge in [-0.3, -0.25) is 4.99 Å². The fourth-order valence-corrected chi connectivity index (χ4v) is 3.39. The maximum Gasteiger partial charge on any atom is 0.157 e. The fraction of sp³-hybridized carbons (Fsp3) is 0.545. The van der Waals surface area contributed by atoms with Gasteiger partial charge in [0.15, 0.2) is 5.17 Å². The molecule has 0 saturated heterocycles. The van der Waals surface area contributed by atoms with E-state index in [-0.39, 0.29) is 0 Å². The molecule has 1 aromatic rings. The molecule has 82 valence electrons. The maximum atomic E-state index is 4.63. The molecule has 2 rings (SSSR count). The molecule has 0 saturated carbocycles. The van der Waals surface area contributed by atoms with Crippen molar-refractivity contribution in [2.75, 3.05) is 5.75 Å². The molecular weight excluding hydrogens is 224 g/mol. The first-order valence-electron chi connectivity index (χ1n) is 5.28. The van der Waals surface area contributed by atoms with Crippen LogP contribution in [0.15, 0.2) is 21.8 Å². The van der Waals surface area contributed by atoms with Gasteiger partial charge in [0.2, 0.25) is 0 Å². The first-order valence-corrected chi connectivity index (χ1v) is 7.21. The van der Waals surface area contributed by atoms with E-state index in [2.05, 4.69) is 41.0 Å². The molecule has 0 spiro atoms. The van der Waals surface area contributed by atoms with Crippen molar-refractivity contribution in [3.05, 3.63) is 22.4 Å². The molecule has 0 aliphatic carbocycles. The normalized spacial score (nSPS) is 22.5. The van der Waals surface area contributed by atoms with Crippen LogP contribution in [-0.2, 0) is 0 Å². The van der Waals surface area contributed by atoms with Crippen LogP contribution >= 0.6 is 23.1 Å². The minimum absolute atomic E-state index is 0.373. The van der Waals surface area contributed by atoms with Gasteiger partial charge in [-0.15, -0.1) is 0 Å². The van der Waals surface area contributed by atoms with Gasteiger partial charge in [0.25, 0.3) is 0 Å². The molecule has 0 radical (unpaired) electrons. The number of rotatable bonds is 3. The highest BCUT2D eigenvalue weighted by molar-refractivity contribution is 8.14. The van der Waals surface area contributed by atoms with Crippen LogP contribution in [0.4, 0.5) is 0 Å². The number of amidine groups is 1. The van der Waals surface area contributed by atoms with Gasteiger partial charge in [0.1, 0.15) is 0 Å². The zero-order valence-electron chi connectivity index (χ0n) is 9.06. The van der Waals surface area contributed by atoms with Crippen molar-refractivity contribution in [2.45, 2.75) is 32.4 Å². The van der Waals surface area contributed by atoms with Crippen LogP contribution < -0.4 is 5.32 Å². The van der Waals surface area contributed by atoms with Crippen LogP contribution in [0.1, 0.15) is 31.9 Å². The Morgan fingerprint density at radius 3 is 3.13 bits per heavy atom. The predicted octanol–water partition coefficient (Wildman–Crippen LogP) is 3.28. The summed E-state index contributed by atoms with van der Waals surface area (Å²) in [4.78, 5) is 4.63. The van der Waals surface area contributed by atoms with E-state index in [0.717, 1.165) is 17.3 Å².